The smallest absolute Gasteiger partial charge is 0.268 e. The van der Waals surface area contributed by atoms with E-state index in [1.165, 1.54) is 22.8 Å². The van der Waals surface area contributed by atoms with Gasteiger partial charge in [-0.3, -0.25) is 9.36 Å². The van der Waals surface area contributed by atoms with E-state index >= 15 is 0 Å². The SMILES string of the molecule is CCCC(=N)c1c(Cl)ccc(-n2c(C(Cc3cc(F)cc(F)c3)C(C)C)nc3nc(C4CCC(F)(F)CC4)cc(C(F)F)c3c2=O)c1C. The predicted octanol–water partition coefficient (Wildman–Crippen LogP) is 10.4. The zero-order valence-corrected chi connectivity index (χ0v) is 27.9. The van der Waals surface area contributed by atoms with Gasteiger partial charge < -0.3 is 5.41 Å². The highest BCUT2D eigenvalue weighted by atomic mass is 35.5. The first-order chi connectivity index (χ1) is 22.6. The number of hydrogen-bond donors (Lipinski definition) is 1. The average Bonchev–Trinajstić information content (AvgIpc) is 2.99. The van der Waals surface area contributed by atoms with E-state index in [0.29, 0.717) is 29.5 Å². The molecule has 48 heavy (non-hydrogen) atoms. The molecule has 5 rings (SSSR count). The highest BCUT2D eigenvalue weighted by molar-refractivity contribution is 6.34. The molecule has 12 heteroatoms. The maximum absolute atomic E-state index is 14.8. The number of rotatable bonds is 10. The molecule has 1 aliphatic carbocycles. The Balaban J connectivity index is 1.83. The highest BCUT2D eigenvalue weighted by Crippen LogP contribution is 2.42. The van der Waals surface area contributed by atoms with Crippen LogP contribution in [0, 0.1) is 29.9 Å². The largest absolute Gasteiger partial charge is 0.305 e. The van der Waals surface area contributed by atoms with E-state index in [0.717, 1.165) is 12.1 Å². The molecule has 0 aliphatic heterocycles. The summed E-state index contributed by atoms with van der Waals surface area (Å²) in [6.07, 6.45) is -2.76. The number of aromatic nitrogens is 3. The van der Waals surface area contributed by atoms with Crippen molar-refractivity contribution in [2.75, 3.05) is 0 Å². The summed E-state index contributed by atoms with van der Waals surface area (Å²) in [5.74, 6) is -5.78. The molecule has 0 saturated heterocycles. The van der Waals surface area contributed by atoms with E-state index in [-0.39, 0.29) is 58.8 Å². The zero-order chi connectivity index (χ0) is 35.1. The van der Waals surface area contributed by atoms with Crippen LogP contribution in [0.5, 0.6) is 0 Å². The Morgan fingerprint density at radius 3 is 2.29 bits per heavy atom. The van der Waals surface area contributed by atoms with Gasteiger partial charge in [0.05, 0.1) is 16.1 Å². The Hall–Kier alpha value is -3.73. The van der Waals surface area contributed by atoms with Crippen LogP contribution >= 0.6 is 11.6 Å². The topological polar surface area (TPSA) is 71.6 Å². The number of fused-ring (bicyclic) bond motifs is 1. The van der Waals surface area contributed by atoms with E-state index in [1.807, 2.05) is 20.8 Å². The fourth-order valence-electron chi connectivity index (χ4n) is 6.71. The van der Waals surface area contributed by atoms with Crippen molar-refractivity contribution in [1.82, 2.24) is 14.5 Å². The van der Waals surface area contributed by atoms with Crippen molar-refractivity contribution in [3.05, 3.63) is 97.2 Å². The Kier molecular flexibility index (Phi) is 10.4. The molecule has 5 nitrogen and oxygen atoms in total. The van der Waals surface area contributed by atoms with Crippen LogP contribution in [0.2, 0.25) is 5.02 Å². The molecule has 256 valence electrons. The van der Waals surface area contributed by atoms with Crippen molar-refractivity contribution >= 4 is 28.3 Å². The standard InChI is InChI=1S/C36H37ClF6N4O/c1-5-6-27(44)30-19(4)29(8-7-26(30)37)47-34(24(18(2)3)15-20-13-22(38)16-23(39)14-20)46-33-31(35(47)48)25(32(40)41)17-28(45-33)21-9-11-36(42,43)12-10-21/h7-8,13-14,16-18,21,24,32,44H,5-6,9-12,15H2,1-4H3. The zero-order valence-electron chi connectivity index (χ0n) is 27.1. The normalized spacial score (nSPS) is 15.9. The molecule has 1 fully saturated rings. The number of nitrogens with one attached hydrogen (secondary N) is 1. The number of hydrogen-bond acceptors (Lipinski definition) is 4. The summed E-state index contributed by atoms with van der Waals surface area (Å²) in [5.41, 5.74) is 0.114. The summed E-state index contributed by atoms with van der Waals surface area (Å²) in [5, 5.41) is 8.54. The molecule has 1 unspecified atom stereocenters. The summed E-state index contributed by atoms with van der Waals surface area (Å²) < 4.78 is 87.3. The summed E-state index contributed by atoms with van der Waals surface area (Å²) in [6, 6.07) is 7.34. The first-order valence-electron chi connectivity index (χ1n) is 16.1. The van der Waals surface area contributed by atoms with Crippen LogP contribution in [0.25, 0.3) is 16.7 Å². The second-order valence-electron chi connectivity index (χ2n) is 13.0. The van der Waals surface area contributed by atoms with E-state index in [1.54, 1.807) is 13.0 Å². The van der Waals surface area contributed by atoms with Crippen LogP contribution in [0.4, 0.5) is 26.3 Å². The molecule has 2 heterocycles. The van der Waals surface area contributed by atoms with Gasteiger partial charge >= 0.3 is 0 Å². The third-order valence-electron chi connectivity index (χ3n) is 9.23. The Labute approximate surface area is 279 Å². The third kappa shape index (κ3) is 7.16. The first kappa shape index (κ1) is 35.6. The lowest BCUT2D eigenvalue weighted by Gasteiger charge is -2.29. The van der Waals surface area contributed by atoms with E-state index in [2.05, 4.69) is 4.98 Å². The lowest BCUT2D eigenvalue weighted by atomic mass is 9.84. The third-order valence-corrected chi connectivity index (χ3v) is 9.55. The molecule has 1 N–H and O–H groups in total. The van der Waals surface area contributed by atoms with E-state index in [4.69, 9.17) is 22.0 Å². The highest BCUT2D eigenvalue weighted by Gasteiger charge is 2.37. The van der Waals surface area contributed by atoms with Gasteiger partial charge in [-0.25, -0.2) is 36.3 Å². The lowest BCUT2D eigenvalue weighted by Crippen LogP contribution is -2.30. The summed E-state index contributed by atoms with van der Waals surface area (Å²) in [6.45, 7) is 7.27. The molecule has 4 aromatic rings. The molecule has 2 aromatic carbocycles. The second-order valence-corrected chi connectivity index (χ2v) is 13.4. The van der Waals surface area contributed by atoms with Crippen molar-refractivity contribution in [3.8, 4) is 5.69 Å². The minimum atomic E-state index is -3.11. The number of nitrogens with zero attached hydrogens (tertiary/aromatic N) is 3. The number of benzene rings is 2. The van der Waals surface area contributed by atoms with Gasteiger partial charge in [-0.05, 0) is 80.0 Å². The van der Waals surface area contributed by atoms with Crippen LogP contribution in [0.1, 0.15) is 111 Å². The molecule has 0 radical (unpaired) electrons. The van der Waals surface area contributed by atoms with Gasteiger partial charge in [0.25, 0.3) is 12.0 Å². The van der Waals surface area contributed by atoms with Crippen molar-refractivity contribution in [3.63, 3.8) is 0 Å². The minimum absolute atomic E-state index is 0.0360. The van der Waals surface area contributed by atoms with Gasteiger partial charge in [0, 0.05) is 53.3 Å². The van der Waals surface area contributed by atoms with Gasteiger partial charge in [-0.15, -0.1) is 0 Å². The van der Waals surface area contributed by atoms with Crippen LogP contribution < -0.4 is 5.56 Å². The Morgan fingerprint density at radius 2 is 1.71 bits per heavy atom. The van der Waals surface area contributed by atoms with Gasteiger partial charge in [-0.2, -0.15) is 0 Å². The van der Waals surface area contributed by atoms with Crippen LogP contribution in [0.15, 0.2) is 41.2 Å². The molecule has 1 aliphatic rings. The molecule has 0 amide bonds. The van der Waals surface area contributed by atoms with Gasteiger partial charge in [0.2, 0.25) is 5.92 Å². The maximum Gasteiger partial charge on any atom is 0.268 e. The molecular formula is C36H37ClF6N4O. The summed E-state index contributed by atoms with van der Waals surface area (Å²) >= 11 is 6.55. The number of pyridine rings is 1. The monoisotopic (exact) mass is 690 g/mol. The molecule has 0 bridgehead atoms. The molecular weight excluding hydrogens is 654 g/mol. The van der Waals surface area contributed by atoms with Crippen molar-refractivity contribution in [2.24, 2.45) is 5.92 Å². The Bertz CT molecular complexity index is 1900. The quantitative estimate of drug-likeness (QED) is 0.133. The first-order valence-corrected chi connectivity index (χ1v) is 16.4. The van der Waals surface area contributed by atoms with Crippen molar-refractivity contribution in [2.45, 2.75) is 96.8 Å². The number of alkyl halides is 4. The Morgan fingerprint density at radius 1 is 1.06 bits per heavy atom. The second kappa shape index (κ2) is 14.0. The summed E-state index contributed by atoms with van der Waals surface area (Å²) in [4.78, 5) is 23.9. The molecule has 1 saturated carbocycles. The fourth-order valence-corrected chi connectivity index (χ4v) is 7.03. The fraction of sp³-hybridized carbons (Fsp3) is 0.444. The molecule has 1 atom stereocenters. The van der Waals surface area contributed by atoms with Crippen molar-refractivity contribution in [1.29, 1.82) is 5.41 Å². The van der Waals surface area contributed by atoms with Gasteiger partial charge in [0.1, 0.15) is 17.5 Å². The predicted molar refractivity (Wildman–Crippen MR) is 175 cm³/mol. The van der Waals surface area contributed by atoms with Crippen LogP contribution in [-0.2, 0) is 6.42 Å². The average molecular weight is 691 g/mol. The summed E-state index contributed by atoms with van der Waals surface area (Å²) in [7, 11) is 0. The molecule has 0 spiro atoms. The van der Waals surface area contributed by atoms with Gasteiger partial charge in [0.15, 0.2) is 5.65 Å². The molecule has 2 aromatic heterocycles. The van der Waals surface area contributed by atoms with E-state index in [9.17, 15) is 31.1 Å². The number of halogens is 7. The minimum Gasteiger partial charge on any atom is -0.305 e. The maximum atomic E-state index is 14.8. The van der Waals surface area contributed by atoms with E-state index < -0.39 is 65.2 Å². The van der Waals surface area contributed by atoms with Gasteiger partial charge in [-0.1, -0.05) is 38.8 Å². The van der Waals surface area contributed by atoms with Crippen molar-refractivity contribution < 1.29 is 26.3 Å². The van der Waals surface area contributed by atoms with Crippen LogP contribution in [-0.4, -0.2) is 26.2 Å². The van der Waals surface area contributed by atoms with Crippen LogP contribution in [0.3, 0.4) is 0 Å². The lowest BCUT2D eigenvalue weighted by molar-refractivity contribution is -0.0384.